The minimum absolute atomic E-state index is 0.0493. The second kappa shape index (κ2) is 6.60. The van der Waals surface area contributed by atoms with Crippen molar-refractivity contribution in [2.45, 2.75) is 12.5 Å². The Morgan fingerprint density at radius 3 is 2.81 bits per heavy atom. The summed E-state index contributed by atoms with van der Waals surface area (Å²) in [6.45, 7) is 1.85. The Kier molecular flexibility index (Phi) is 4.58. The first kappa shape index (κ1) is 14.6. The molecule has 3 rings (SSSR count). The van der Waals surface area contributed by atoms with Crippen molar-refractivity contribution in [1.29, 1.82) is 0 Å². The third-order valence-corrected chi connectivity index (χ3v) is 4.74. The number of ether oxygens (including phenoxy) is 1. The van der Waals surface area contributed by atoms with Crippen molar-refractivity contribution in [3.63, 3.8) is 0 Å². The number of rotatable bonds is 3. The fourth-order valence-corrected chi connectivity index (χ4v) is 3.50. The number of carbonyl (C=O) groups is 1. The summed E-state index contributed by atoms with van der Waals surface area (Å²) in [6, 6.07) is 13.8. The second-order valence-corrected chi connectivity index (χ2v) is 6.75. The number of hydrogen-bond acceptors (Lipinski definition) is 3. The van der Waals surface area contributed by atoms with Crippen LogP contribution in [0.5, 0.6) is 0 Å². The molecule has 110 valence electrons. The maximum Gasteiger partial charge on any atom is 0.264 e. The molecule has 1 atom stereocenters. The molecule has 1 aliphatic heterocycles. The van der Waals surface area contributed by atoms with E-state index in [1.807, 2.05) is 23.1 Å². The average molecular weight is 322 g/mol. The molecule has 5 heteroatoms. The van der Waals surface area contributed by atoms with E-state index in [2.05, 4.69) is 12.1 Å². The van der Waals surface area contributed by atoms with Gasteiger partial charge in [0.05, 0.1) is 21.9 Å². The van der Waals surface area contributed by atoms with Crippen LogP contribution in [0.4, 0.5) is 0 Å². The Balaban J connectivity index is 1.64. The first-order chi connectivity index (χ1) is 10.2. The van der Waals surface area contributed by atoms with E-state index in [0.29, 0.717) is 28.9 Å². The molecule has 0 aliphatic carbocycles. The van der Waals surface area contributed by atoms with Crippen molar-refractivity contribution in [2.75, 3.05) is 19.7 Å². The summed E-state index contributed by atoms with van der Waals surface area (Å²) in [5.41, 5.74) is 1.23. The molecule has 2 aromatic rings. The van der Waals surface area contributed by atoms with E-state index in [9.17, 15) is 4.79 Å². The van der Waals surface area contributed by atoms with Crippen LogP contribution in [0.25, 0.3) is 0 Å². The van der Waals surface area contributed by atoms with E-state index < -0.39 is 0 Å². The molecule has 1 aromatic heterocycles. The number of amides is 1. The predicted molar refractivity (Wildman–Crippen MR) is 85.1 cm³/mol. The van der Waals surface area contributed by atoms with Gasteiger partial charge in [0.2, 0.25) is 0 Å². The van der Waals surface area contributed by atoms with Crippen molar-refractivity contribution in [1.82, 2.24) is 4.90 Å². The number of benzene rings is 1. The van der Waals surface area contributed by atoms with E-state index in [0.717, 1.165) is 6.42 Å². The highest BCUT2D eigenvalue weighted by molar-refractivity contribution is 7.17. The smallest absolute Gasteiger partial charge is 0.264 e. The molecule has 2 heterocycles. The molecule has 1 aliphatic rings. The summed E-state index contributed by atoms with van der Waals surface area (Å²) >= 11 is 7.23. The number of nitrogens with zero attached hydrogens (tertiary/aromatic N) is 1. The van der Waals surface area contributed by atoms with Crippen LogP contribution in [0.3, 0.4) is 0 Å². The standard InChI is InChI=1S/C16H16ClNO2S/c17-15-7-6-14(21-15)16(19)18-8-9-20-13(11-18)10-12-4-2-1-3-5-12/h1-7,13H,8-11H2/t13-/m1/s1. The van der Waals surface area contributed by atoms with Gasteiger partial charge in [0.25, 0.3) is 5.91 Å². The van der Waals surface area contributed by atoms with Crippen LogP contribution in [0.1, 0.15) is 15.2 Å². The largest absolute Gasteiger partial charge is 0.374 e. The summed E-state index contributed by atoms with van der Waals surface area (Å²) in [5, 5.41) is 0. The van der Waals surface area contributed by atoms with Crippen LogP contribution < -0.4 is 0 Å². The maximum absolute atomic E-state index is 12.4. The molecular weight excluding hydrogens is 306 g/mol. The molecule has 0 N–H and O–H groups in total. The third-order valence-electron chi connectivity index (χ3n) is 3.52. The molecule has 1 saturated heterocycles. The lowest BCUT2D eigenvalue weighted by molar-refractivity contribution is -0.0206. The van der Waals surface area contributed by atoms with Crippen LogP contribution in [0.15, 0.2) is 42.5 Å². The molecule has 1 amide bonds. The number of carbonyl (C=O) groups excluding carboxylic acids is 1. The van der Waals surface area contributed by atoms with Crippen molar-refractivity contribution in [2.24, 2.45) is 0 Å². The van der Waals surface area contributed by atoms with Crippen molar-refractivity contribution >= 4 is 28.8 Å². The quantitative estimate of drug-likeness (QED) is 0.866. The molecule has 3 nitrogen and oxygen atoms in total. The lowest BCUT2D eigenvalue weighted by Crippen LogP contribution is -2.46. The van der Waals surface area contributed by atoms with Crippen LogP contribution >= 0.6 is 22.9 Å². The lowest BCUT2D eigenvalue weighted by Gasteiger charge is -2.32. The third kappa shape index (κ3) is 3.64. The van der Waals surface area contributed by atoms with Gasteiger partial charge in [0.1, 0.15) is 0 Å². The Labute approximate surface area is 133 Å². The Morgan fingerprint density at radius 2 is 2.10 bits per heavy atom. The molecule has 0 radical (unpaired) electrons. The molecule has 0 saturated carbocycles. The van der Waals surface area contributed by atoms with Crippen molar-refractivity contribution in [3.8, 4) is 0 Å². The van der Waals surface area contributed by atoms with Crippen LogP contribution in [0, 0.1) is 0 Å². The van der Waals surface area contributed by atoms with Crippen molar-refractivity contribution in [3.05, 3.63) is 57.2 Å². The number of hydrogen-bond donors (Lipinski definition) is 0. The zero-order valence-electron chi connectivity index (χ0n) is 11.5. The second-order valence-electron chi connectivity index (χ2n) is 5.04. The Hall–Kier alpha value is -1.36. The first-order valence-electron chi connectivity index (χ1n) is 6.92. The number of morpholine rings is 1. The fourth-order valence-electron chi connectivity index (χ4n) is 2.49. The Morgan fingerprint density at radius 1 is 1.29 bits per heavy atom. The first-order valence-corrected chi connectivity index (χ1v) is 8.12. The highest BCUT2D eigenvalue weighted by Crippen LogP contribution is 2.23. The van der Waals surface area contributed by atoms with Gasteiger partial charge in [-0.05, 0) is 17.7 Å². The van der Waals surface area contributed by atoms with E-state index in [-0.39, 0.29) is 12.0 Å². The number of thiophene rings is 1. The van der Waals surface area contributed by atoms with Crippen LogP contribution in [-0.2, 0) is 11.2 Å². The molecule has 0 bridgehead atoms. The minimum atomic E-state index is 0.0493. The monoisotopic (exact) mass is 321 g/mol. The maximum atomic E-state index is 12.4. The fraction of sp³-hybridized carbons (Fsp3) is 0.312. The zero-order chi connectivity index (χ0) is 14.7. The van der Waals surface area contributed by atoms with E-state index in [4.69, 9.17) is 16.3 Å². The van der Waals surface area contributed by atoms with Gasteiger partial charge >= 0.3 is 0 Å². The zero-order valence-corrected chi connectivity index (χ0v) is 13.1. The summed E-state index contributed by atoms with van der Waals surface area (Å²) in [5.74, 6) is 0.0493. The predicted octanol–water partition coefficient (Wildman–Crippen LogP) is 3.49. The van der Waals surface area contributed by atoms with E-state index in [1.54, 1.807) is 12.1 Å². The van der Waals surface area contributed by atoms with Gasteiger partial charge in [-0.3, -0.25) is 4.79 Å². The van der Waals surface area contributed by atoms with E-state index >= 15 is 0 Å². The minimum Gasteiger partial charge on any atom is -0.374 e. The Bertz CT molecular complexity index is 614. The van der Waals surface area contributed by atoms with Crippen LogP contribution in [-0.4, -0.2) is 36.6 Å². The summed E-state index contributed by atoms with van der Waals surface area (Å²) in [7, 11) is 0. The molecule has 1 aromatic carbocycles. The van der Waals surface area contributed by atoms with Gasteiger partial charge in [0.15, 0.2) is 0 Å². The number of halogens is 1. The summed E-state index contributed by atoms with van der Waals surface area (Å²) in [6.07, 6.45) is 0.885. The van der Waals surface area contributed by atoms with Gasteiger partial charge < -0.3 is 9.64 Å². The summed E-state index contributed by atoms with van der Waals surface area (Å²) in [4.78, 5) is 15.0. The van der Waals surface area contributed by atoms with Gasteiger partial charge in [-0.25, -0.2) is 0 Å². The van der Waals surface area contributed by atoms with Gasteiger partial charge in [0, 0.05) is 19.5 Å². The lowest BCUT2D eigenvalue weighted by atomic mass is 10.1. The summed E-state index contributed by atoms with van der Waals surface area (Å²) < 4.78 is 6.43. The highest BCUT2D eigenvalue weighted by atomic mass is 35.5. The van der Waals surface area contributed by atoms with Gasteiger partial charge in [-0.1, -0.05) is 41.9 Å². The topological polar surface area (TPSA) is 29.5 Å². The SMILES string of the molecule is O=C(c1ccc(Cl)s1)N1CCO[C@H](Cc2ccccc2)C1. The molecule has 21 heavy (non-hydrogen) atoms. The molecule has 0 spiro atoms. The highest BCUT2D eigenvalue weighted by Gasteiger charge is 2.25. The van der Waals surface area contributed by atoms with Gasteiger partial charge in [-0.2, -0.15) is 0 Å². The van der Waals surface area contributed by atoms with E-state index in [1.165, 1.54) is 16.9 Å². The average Bonchev–Trinajstić information content (AvgIpc) is 2.94. The van der Waals surface area contributed by atoms with Gasteiger partial charge in [-0.15, -0.1) is 11.3 Å². The normalized spacial score (nSPS) is 18.7. The molecule has 1 fully saturated rings. The molecular formula is C16H16ClNO2S. The van der Waals surface area contributed by atoms with Crippen molar-refractivity contribution < 1.29 is 9.53 Å². The molecule has 0 unspecified atom stereocenters. The van der Waals surface area contributed by atoms with Crippen LogP contribution in [0.2, 0.25) is 4.34 Å².